The predicted octanol–water partition coefficient (Wildman–Crippen LogP) is 1.93. The fraction of sp³-hybridized carbons (Fsp3) is 0.571. The minimum absolute atomic E-state index is 0.110. The molecule has 1 aliphatic carbocycles. The van der Waals surface area contributed by atoms with Gasteiger partial charge in [0.1, 0.15) is 10.7 Å². The normalized spacial score (nSPS) is 23.3. The predicted molar refractivity (Wildman–Crippen MR) is 79.0 cm³/mol. The van der Waals surface area contributed by atoms with Gasteiger partial charge in [0.05, 0.1) is 5.92 Å². The summed E-state index contributed by atoms with van der Waals surface area (Å²) in [5.74, 6) is -1.11. The van der Waals surface area contributed by atoms with Crippen molar-refractivity contribution >= 4 is 21.6 Å². The number of carboxylic acid groups (broad SMARTS) is 1. The molecule has 1 heterocycles. The summed E-state index contributed by atoms with van der Waals surface area (Å²) in [5.41, 5.74) is 0. The minimum Gasteiger partial charge on any atom is -0.481 e. The van der Waals surface area contributed by atoms with Gasteiger partial charge < -0.3 is 10.4 Å². The largest absolute Gasteiger partial charge is 0.481 e. The van der Waals surface area contributed by atoms with Crippen molar-refractivity contribution in [2.75, 3.05) is 11.6 Å². The Morgan fingerprint density at radius 2 is 2.05 bits per heavy atom. The van der Waals surface area contributed by atoms with E-state index in [1.807, 2.05) is 0 Å². The number of nitrogens with one attached hydrogen (secondary N) is 1. The lowest BCUT2D eigenvalue weighted by molar-refractivity contribution is -0.142. The molecule has 1 aromatic rings. The van der Waals surface area contributed by atoms with Gasteiger partial charge in [-0.15, -0.1) is 0 Å². The highest BCUT2D eigenvalue weighted by Gasteiger charge is 2.30. The zero-order valence-corrected chi connectivity index (χ0v) is 12.8. The molecule has 0 spiro atoms. The summed E-state index contributed by atoms with van der Waals surface area (Å²) >= 11 is 0. The van der Waals surface area contributed by atoms with E-state index in [9.17, 15) is 18.3 Å². The van der Waals surface area contributed by atoms with Gasteiger partial charge in [-0.1, -0.05) is 19.3 Å². The lowest BCUT2D eigenvalue weighted by Crippen LogP contribution is -2.34. The molecule has 0 aliphatic heterocycles. The Kier molecular flexibility index (Phi) is 4.82. The summed E-state index contributed by atoms with van der Waals surface area (Å²) in [6.45, 7) is 0. The first-order valence-electron chi connectivity index (χ1n) is 7.04. The molecule has 2 unspecified atom stereocenters. The number of hydrogen-bond acceptors (Lipinski definition) is 5. The third kappa shape index (κ3) is 3.93. The molecule has 6 nitrogen and oxygen atoms in total. The van der Waals surface area contributed by atoms with E-state index in [4.69, 9.17) is 0 Å². The highest BCUT2D eigenvalue weighted by molar-refractivity contribution is 7.90. The maximum absolute atomic E-state index is 11.8. The molecule has 7 heteroatoms. The van der Waals surface area contributed by atoms with E-state index in [0.717, 1.165) is 25.5 Å². The van der Waals surface area contributed by atoms with Gasteiger partial charge in [0, 0.05) is 18.5 Å². The van der Waals surface area contributed by atoms with Gasteiger partial charge >= 0.3 is 5.97 Å². The summed E-state index contributed by atoms with van der Waals surface area (Å²) in [6.07, 6.45) is 6.76. The molecule has 0 saturated heterocycles. The van der Waals surface area contributed by atoms with Crippen molar-refractivity contribution in [1.29, 1.82) is 0 Å². The average molecular weight is 312 g/mol. The number of carboxylic acids is 1. The van der Waals surface area contributed by atoms with E-state index >= 15 is 0 Å². The second kappa shape index (κ2) is 6.43. The molecular formula is C14H20N2O4S. The molecule has 1 saturated carbocycles. The molecule has 0 aromatic carbocycles. The van der Waals surface area contributed by atoms with Crippen LogP contribution in [0.4, 0.5) is 5.82 Å². The Balaban J connectivity index is 2.29. The smallest absolute Gasteiger partial charge is 0.308 e. The van der Waals surface area contributed by atoms with Gasteiger partial charge in [0.25, 0.3) is 0 Å². The fourth-order valence-electron chi connectivity index (χ4n) is 2.75. The standard InChI is InChI=1S/C14H20N2O4S/c1-21(19,20)12-8-5-9-15-13(12)16-11-7-4-2-3-6-10(11)14(17)18/h5,8-11H,2-4,6-7H2,1H3,(H,15,16)(H,17,18). The third-order valence-corrected chi connectivity index (χ3v) is 4.95. The number of hydrogen-bond donors (Lipinski definition) is 2. The molecule has 2 rings (SSSR count). The van der Waals surface area contributed by atoms with Crippen LogP contribution < -0.4 is 5.32 Å². The highest BCUT2D eigenvalue weighted by atomic mass is 32.2. The lowest BCUT2D eigenvalue weighted by atomic mass is 9.95. The van der Waals surface area contributed by atoms with Gasteiger partial charge in [0.15, 0.2) is 9.84 Å². The summed E-state index contributed by atoms with van der Waals surface area (Å²) in [7, 11) is -3.40. The monoisotopic (exact) mass is 312 g/mol. The second-order valence-electron chi connectivity index (χ2n) is 5.46. The van der Waals surface area contributed by atoms with Gasteiger partial charge in [-0.3, -0.25) is 4.79 Å². The van der Waals surface area contributed by atoms with Gasteiger partial charge in [-0.05, 0) is 25.0 Å². The van der Waals surface area contributed by atoms with Crippen LogP contribution in [0.15, 0.2) is 23.2 Å². The van der Waals surface area contributed by atoms with Crippen molar-refractivity contribution in [3.8, 4) is 0 Å². The average Bonchev–Trinajstić information content (AvgIpc) is 2.63. The molecule has 2 N–H and O–H groups in total. The van der Waals surface area contributed by atoms with Gasteiger partial charge in [0.2, 0.25) is 0 Å². The van der Waals surface area contributed by atoms with Gasteiger partial charge in [-0.25, -0.2) is 13.4 Å². The number of nitrogens with zero attached hydrogens (tertiary/aromatic N) is 1. The summed E-state index contributed by atoms with van der Waals surface area (Å²) in [6, 6.07) is 2.75. The first-order chi connectivity index (χ1) is 9.89. The van der Waals surface area contributed by atoms with E-state index in [2.05, 4.69) is 10.3 Å². The zero-order chi connectivity index (χ0) is 15.5. The number of rotatable bonds is 4. The van der Waals surface area contributed by atoms with Crippen LogP contribution in [-0.2, 0) is 14.6 Å². The van der Waals surface area contributed by atoms with Crippen LogP contribution in [-0.4, -0.2) is 36.8 Å². The Morgan fingerprint density at radius 1 is 1.33 bits per heavy atom. The number of anilines is 1. The van der Waals surface area contributed by atoms with Crippen molar-refractivity contribution in [3.05, 3.63) is 18.3 Å². The molecule has 2 atom stereocenters. The molecule has 1 aromatic heterocycles. The van der Waals surface area contributed by atoms with E-state index in [1.165, 1.54) is 12.3 Å². The molecule has 1 fully saturated rings. The highest BCUT2D eigenvalue weighted by Crippen LogP contribution is 2.28. The van der Waals surface area contributed by atoms with E-state index in [-0.39, 0.29) is 16.8 Å². The number of carbonyl (C=O) groups is 1. The second-order valence-corrected chi connectivity index (χ2v) is 7.44. The van der Waals surface area contributed by atoms with Crippen molar-refractivity contribution in [2.45, 2.75) is 43.0 Å². The topological polar surface area (TPSA) is 96.4 Å². The Morgan fingerprint density at radius 3 is 2.71 bits per heavy atom. The van der Waals surface area contributed by atoms with Crippen molar-refractivity contribution in [3.63, 3.8) is 0 Å². The lowest BCUT2D eigenvalue weighted by Gasteiger charge is -2.24. The molecule has 0 radical (unpaired) electrons. The maximum atomic E-state index is 11.8. The number of pyridine rings is 1. The Bertz CT molecular complexity index is 615. The van der Waals surface area contributed by atoms with Crippen LogP contribution in [0.1, 0.15) is 32.1 Å². The Hall–Kier alpha value is -1.63. The third-order valence-electron chi connectivity index (χ3n) is 3.83. The Labute approximate surface area is 124 Å². The SMILES string of the molecule is CS(=O)(=O)c1cccnc1NC1CCCCCC1C(=O)O. The minimum atomic E-state index is -3.40. The first kappa shape index (κ1) is 15.8. The molecule has 116 valence electrons. The van der Waals surface area contributed by atoms with Crippen molar-refractivity contribution < 1.29 is 18.3 Å². The quantitative estimate of drug-likeness (QED) is 0.825. The van der Waals surface area contributed by atoms with Crippen LogP contribution in [0, 0.1) is 5.92 Å². The van der Waals surface area contributed by atoms with Crippen LogP contribution in [0.3, 0.4) is 0 Å². The number of aromatic nitrogens is 1. The molecule has 0 amide bonds. The summed E-state index contributed by atoms with van der Waals surface area (Å²) in [4.78, 5) is 15.6. The van der Waals surface area contributed by atoms with E-state index in [1.54, 1.807) is 6.07 Å². The molecule has 0 bridgehead atoms. The van der Waals surface area contributed by atoms with Gasteiger partial charge in [-0.2, -0.15) is 0 Å². The van der Waals surface area contributed by atoms with Crippen LogP contribution in [0.5, 0.6) is 0 Å². The number of sulfone groups is 1. The first-order valence-corrected chi connectivity index (χ1v) is 8.93. The van der Waals surface area contributed by atoms with Crippen molar-refractivity contribution in [1.82, 2.24) is 4.98 Å². The maximum Gasteiger partial charge on any atom is 0.308 e. The molecular weight excluding hydrogens is 292 g/mol. The fourth-order valence-corrected chi connectivity index (χ4v) is 3.54. The molecule has 21 heavy (non-hydrogen) atoms. The van der Waals surface area contributed by atoms with Crippen LogP contribution >= 0.6 is 0 Å². The molecule has 1 aliphatic rings. The van der Waals surface area contributed by atoms with Crippen LogP contribution in [0.2, 0.25) is 0 Å². The van der Waals surface area contributed by atoms with Crippen molar-refractivity contribution in [2.24, 2.45) is 5.92 Å². The summed E-state index contributed by atoms with van der Waals surface area (Å²) in [5, 5.41) is 12.4. The number of aliphatic carboxylic acids is 1. The van der Waals surface area contributed by atoms with Crippen LogP contribution in [0.25, 0.3) is 0 Å². The van der Waals surface area contributed by atoms with E-state index < -0.39 is 21.7 Å². The van der Waals surface area contributed by atoms with E-state index in [0.29, 0.717) is 12.8 Å². The summed E-state index contributed by atoms with van der Waals surface area (Å²) < 4.78 is 23.6. The zero-order valence-electron chi connectivity index (χ0n) is 11.9.